The van der Waals surface area contributed by atoms with Crippen molar-refractivity contribution in [1.82, 2.24) is 24.9 Å². The van der Waals surface area contributed by atoms with Gasteiger partial charge in [-0.05, 0) is 51.5 Å². The summed E-state index contributed by atoms with van der Waals surface area (Å²) in [7, 11) is 0. The summed E-state index contributed by atoms with van der Waals surface area (Å²) >= 11 is 0. The highest BCUT2D eigenvalue weighted by atomic mass is 16.5. The summed E-state index contributed by atoms with van der Waals surface area (Å²) in [5.41, 5.74) is 7.09. The zero-order chi connectivity index (χ0) is 20.5. The minimum Gasteiger partial charge on any atom is -0.456 e. The SMILES string of the molecule is Cc1nc2nc(N)nn2c(C)c1CCC(=O)OCC(=O)N[C@](C)(C#N)C1CC1. The van der Waals surface area contributed by atoms with E-state index in [0.29, 0.717) is 12.2 Å². The van der Waals surface area contributed by atoms with Gasteiger partial charge in [0.05, 0.1) is 6.07 Å². The van der Waals surface area contributed by atoms with E-state index in [0.717, 1.165) is 29.8 Å². The number of carbonyl (C=O) groups is 2. The number of aryl methyl sites for hydroxylation is 2. The number of carbonyl (C=O) groups excluding carboxylic acids is 2. The van der Waals surface area contributed by atoms with Crippen LogP contribution in [0, 0.1) is 31.1 Å². The highest BCUT2D eigenvalue weighted by molar-refractivity contribution is 5.81. The lowest BCUT2D eigenvalue weighted by Crippen LogP contribution is -2.48. The summed E-state index contributed by atoms with van der Waals surface area (Å²) in [6.45, 7) is 4.96. The van der Waals surface area contributed by atoms with Gasteiger partial charge in [-0.25, -0.2) is 4.98 Å². The van der Waals surface area contributed by atoms with Gasteiger partial charge in [0.1, 0.15) is 5.54 Å². The number of fused-ring (bicyclic) bond motifs is 1. The standard InChI is InChI=1S/C18H23N7O3/c1-10-13(11(2)25-17(21-10)22-16(20)24-25)6-7-15(27)28-8-14(26)23-18(3,9-19)12-4-5-12/h12H,4-8H2,1-3H3,(H2,20,24)(H,23,26)/t18-/m1/s1. The molecule has 0 aliphatic heterocycles. The predicted molar refractivity (Wildman–Crippen MR) is 98.8 cm³/mol. The van der Waals surface area contributed by atoms with Crippen molar-refractivity contribution in [1.29, 1.82) is 5.26 Å². The van der Waals surface area contributed by atoms with Crippen LogP contribution < -0.4 is 11.1 Å². The summed E-state index contributed by atoms with van der Waals surface area (Å²) in [4.78, 5) is 32.4. The number of nitriles is 1. The lowest BCUT2D eigenvalue weighted by atomic mass is 9.98. The monoisotopic (exact) mass is 385 g/mol. The van der Waals surface area contributed by atoms with Crippen LogP contribution in [0.2, 0.25) is 0 Å². The molecule has 0 unspecified atom stereocenters. The normalized spacial score (nSPS) is 15.6. The van der Waals surface area contributed by atoms with Crippen molar-refractivity contribution in [2.75, 3.05) is 12.3 Å². The molecule has 0 aromatic carbocycles. The van der Waals surface area contributed by atoms with Crippen LogP contribution in [0.15, 0.2) is 0 Å². The second-order valence-electron chi connectivity index (χ2n) is 7.24. The van der Waals surface area contributed by atoms with E-state index in [2.05, 4.69) is 26.5 Å². The first-order chi connectivity index (χ1) is 13.2. The zero-order valence-electron chi connectivity index (χ0n) is 16.2. The van der Waals surface area contributed by atoms with Crippen LogP contribution in [0.5, 0.6) is 0 Å². The van der Waals surface area contributed by atoms with Gasteiger partial charge in [-0.3, -0.25) is 9.59 Å². The molecule has 1 saturated carbocycles. The molecule has 0 bridgehead atoms. The third kappa shape index (κ3) is 4.03. The number of rotatable bonds is 7. The van der Waals surface area contributed by atoms with Gasteiger partial charge in [-0.2, -0.15) is 14.8 Å². The fourth-order valence-corrected chi connectivity index (χ4v) is 3.24. The number of esters is 1. The van der Waals surface area contributed by atoms with Crippen LogP contribution >= 0.6 is 0 Å². The average Bonchev–Trinajstić information content (AvgIpc) is 3.43. The summed E-state index contributed by atoms with van der Waals surface area (Å²) in [6.07, 6.45) is 2.31. The average molecular weight is 385 g/mol. The third-order valence-electron chi connectivity index (χ3n) is 5.03. The van der Waals surface area contributed by atoms with Crippen LogP contribution in [-0.4, -0.2) is 43.6 Å². The molecular weight excluding hydrogens is 362 g/mol. The van der Waals surface area contributed by atoms with Crippen molar-refractivity contribution in [2.24, 2.45) is 5.92 Å². The van der Waals surface area contributed by atoms with Crippen molar-refractivity contribution in [3.63, 3.8) is 0 Å². The van der Waals surface area contributed by atoms with Gasteiger partial charge in [0.25, 0.3) is 11.7 Å². The van der Waals surface area contributed by atoms with Crippen molar-refractivity contribution in [3.8, 4) is 6.07 Å². The highest BCUT2D eigenvalue weighted by Gasteiger charge is 2.43. The first-order valence-electron chi connectivity index (χ1n) is 9.09. The molecule has 3 rings (SSSR count). The van der Waals surface area contributed by atoms with Gasteiger partial charge in [-0.15, -0.1) is 5.10 Å². The zero-order valence-corrected chi connectivity index (χ0v) is 16.2. The molecule has 1 atom stereocenters. The van der Waals surface area contributed by atoms with Gasteiger partial charge in [0.2, 0.25) is 5.95 Å². The molecule has 3 N–H and O–H groups in total. The molecule has 2 aromatic rings. The number of ether oxygens (including phenoxy) is 1. The summed E-state index contributed by atoms with van der Waals surface area (Å²) in [5.74, 6) is -0.272. The molecule has 28 heavy (non-hydrogen) atoms. The van der Waals surface area contributed by atoms with Crippen LogP contribution in [0.4, 0.5) is 5.95 Å². The number of nitrogen functional groups attached to an aromatic ring is 1. The van der Waals surface area contributed by atoms with Crippen molar-refractivity contribution >= 4 is 23.6 Å². The fraction of sp³-hybridized carbons (Fsp3) is 0.556. The van der Waals surface area contributed by atoms with Crippen molar-refractivity contribution in [3.05, 3.63) is 17.0 Å². The van der Waals surface area contributed by atoms with E-state index in [1.165, 1.54) is 4.52 Å². The molecule has 0 saturated heterocycles. The fourth-order valence-electron chi connectivity index (χ4n) is 3.24. The van der Waals surface area contributed by atoms with E-state index >= 15 is 0 Å². The maximum absolute atomic E-state index is 12.1. The van der Waals surface area contributed by atoms with Gasteiger partial charge in [0, 0.05) is 17.8 Å². The van der Waals surface area contributed by atoms with Crippen molar-refractivity contribution < 1.29 is 14.3 Å². The molecule has 10 heteroatoms. The Morgan fingerprint density at radius 3 is 2.75 bits per heavy atom. The Balaban J connectivity index is 1.54. The first kappa shape index (κ1) is 19.5. The van der Waals surface area contributed by atoms with Crippen molar-refractivity contribution in [2.45, 2.75) is 52.0 Å². The predicted octanol–water partition coefficient (Wildman–Crippen LogP) is 0.608. The number of hydrogen-bond acceptors (Lipinski definition) is 8. The number of nitrogens with one attached hydrogen (secondary N) is 1. The lowest BCUT2D eigenvalue weighted by molar-refractivity contribution is -0.148. The maximum atomic E-state index is 12.1. The molecule has 1 aliphatic carbocycles. The van der Waals surface area contributed by atoms with E-state index in [1.54, 1.807) is 6.92 Å². The van der Waals surface area contributed by atoms with Gasteiger partial charge < -0.3 is 15.8 Å². The molecule has 2 aromatic heterocycles. The molecule has 1 aliphatic rings. The Bertz CT molecular complexity index is 974. The number of nitrogens with two attached hydrogens (primary N) is 1. The third-order valence-corrected chi connectivity index (χ3v) is 5.03. The smallest absolute Gasteiger partial charge is 0.306 e. The van der Waals surface area contributed by atoms with Crippen LogP contribution in [0.25, 0.3) is 5.78 Å². The molecule has 1 fully saturated rings. The summed E-state index contributed by atoms with van der Waals surface area (Å²) < 4.78 is 6.59. The number of amides is 1. The summed E-state index contributed by atoms with van der Waals surface area (Å²) in [6, 6.07) is 2.13. The van der Waals surface area contributed by atoms with E-state index in [-0.39, 0.29) is 18.3 Å². The Morgan fingerprint density at radius 1 is 1.39 bits per heavy atom. The summed E-state index contributed by atoms with van der Waals surface area (Å²) in [5, 5.41) is 16.0. The first-order valence-corrected chi connectivity index (χ1v) is 9.09. The molecular formula is C18H23N7O3. The van der Waals surface area contributed by atoms with E-state index < -0.39 is 24.0 Å². The molecule has 1 amide bonds. The van der Waals surface area contributed by atoms with Crippen LogP contribution in [-0.2, 0) is 20.7 Å². The second kappa shape index (κ2) is 7.42. The topological polar surface area (TPSA) is 148 Å². The Labute approximate surface area is 162 Å². The number of nitrogens with zero attached hydrogens (tertiary/aromatic N) is 5. The van der Waals surface area contributed by atoms with Gasteiger partial charge in [0.15, 0.2) is 6.61 Å². The Kier molecular flexibility index (Phi) is 5.18. The molecule has 148 valence electrons. The number of hydrogen-bond donors (Lipinski definition) is 2. The quantitative estimate of drug-likeness (QED) is 0.658. The second-order valence-corrected chi connectivity index (χ2v) is 7.24. The Morgan fingerprint density at radius 2 is 2.11 bits per heavy atom. The van der Waals surface area contributed by atoms with E-state index in [4.69, 9.17) is 10.5 Å². The van der Waals surface area contributed by atoms with E-state index in [1.807, 2.05) is 13.8 Å². The Hall–Kier alpha value is -3.22. The lowest BCUT2D eigenvalue weighted by Gasteiger charge is -2.22. The van der Waals surface area contributed by atoms with Gasteiger partial charge >= 0.3 is 5.97 Å². The molecule has 2 heterocycles. The van der Waals surface area contributed by atoms with Crippen LogP contribution in [0.1, 0.15) is 43.1 Å². The van der Waals surface area contributed by atoms with Gasteiger partial charge in [-0.1, -0.05) is 0 Å². The minimum absolute atomic E-state index is 0.0878. The highest BCUT2D eigenvalue weighted by Crippen LogP contribution is 2.39. The maximum Gasteiger partial charge on any atom is 0.306 e. The number of aromatic nitrogens is 4. The van der Waals surface area contributed by atoms with E-state index in [9.17, 15) is 14.9 Å². The largest absolute Gasteiger partial charge is 0.456 e. The molecule has 0 spiro atoms. The molecule has 0 radical (unpaired) electrons. The number of anilines is 1. The molecule has 10 nitrogen and oxygen atoms in total. The van der Waals surface area contributed by atoms with Crippen LogP contribution in [0.3, 0.4) is 0 Å². The minimum atomic E-state index is -0.904.